The van der Waals surface area contributed by atoms with Crippen molar-refractivity contribution in [3.05, 3.63) is 28.8 Å². The number of hydrogen-bond acceptors (Lipinski definition) is 2. The Kier molecular flexibility index (Phi) is 3.87. The topological polar surface area (TPSA) is 57.6 Å². The number of nitrogens with zero attached hydrogens (tertiary/aromatic N) is 1. The first kappa shape index (κ1) is 12.9. The first-order valence-corrected chi connectivity index (χ1v) is 6.30. The Morgan fingerprint density at radius 2 is 2.00 bits per heavy atom. The number of carbonyl (C=O) groups excluding carboxylic acids is 1. The standard InChI is InChI=1S/C13H14ClNO3/c14-10-6-9(13(17)18)7-11(8-10)15-5-3-1-2-4-12(15)16/h6-8H,1-5H2,(H,17,18). The van der Waals surface area contributed by atoms with Crippen molar-refractivity contribution in [1.82, 2.24) is 0 Å². The average Bonchev–Trinajstić information content (AvgIpc) is 2.53. The Bertz CT molecular complexity index is 487. The zero-order valence-corrected chi connectivity index (χ0v) is 10.6. The van der Waals surface area contributed by atoms with E-state index in [1.165, 1.54) is 12.1 Å². The molecule has 18 heavy (non-hydrogen) atoms. The summed E-state index contributed by atoms with van der Waals surface area (Å²) < 4.78 is 0. The maximum atomic E-state index is 11.9. The van der Waals surface area contributed by atoms with Crippen LogP contribution in [0.2, 0.25) is 5.02 Å². The van der Waals surface area contributed by atoms with Gasteiger partial charge in [-0.3, -0.25) is 4.79 Å². The Labute approximate surface area is 110 Å². The predicted octanol–water partition coefficient (Wildman–Crippen LogP) is 2.95. The molecule has 0 aliphatic carbocycles. The fraction of sp³-hybridized carbons (Fsp3) is 0.385. The zero-order valence-electron chi connectivity index (χ0n) is 9.86. The van der Waals surface area contributed by atoms with Crippen molar-refractivity contribution in [2.45, 2.75) is 25.7 Å². The molecule has 2 rings (SSSR count). The highest BCUT2D eigenvalue weighted by Gasteiger charge is 2.19. The van der Waals surface area contributed by atoms with Gasteiger partial charge in [-0.2, -0.15) is 0 Å². The molecule has 96 valence electrons. The summed E-state index contributed by atoms with van der Waals surface area (Å²) in [5.41, 5.74) is 0.682. The number of benzene rings is 1. The summed E-state index contributed by atoms with van der Waals surface area (Å²) in [6.07, 6.45) is 3.35. The van der Waals surface area contributed by atoms with E-state index >= 15 is 0 Å². The number of carboxylic acids is 1. The van der Waals surface area contributed by atoms with Crippen molar-refractivity contribution in [2.24, 2.45) is 0 Å². The molecule has 5 heteroatoms. The maximum absolute atomic E-state index is 11.9. The summed E-state index contributed by atoms with van der Waals surface area (Å²) >= 11 is 5.90. The van der Waals surface area contributed by atoms with E-state index in [1.807, 2.05) is 0 Å². The van der Waals surface area contributed by atoms with Crippen LogP contribution in [-0.4, -0.2) is 23.5 Å². The first-order valence-electron chi connectivity index (χ1n) is 5.92. The lowest BCUT2D eigenvalue weighted by atomic mass is 10.2. The van der Waals surface area contributed by atoms with Gasteiger partial charge in [-0.1, -0.05) is 18.0 Å². The monoisotopic (exact) mass is 267 g/mol. The molecule has 1 aliphatic rings. The fourth-order valence-electron chi connectivity index (χ4n) is 2.11. The van der Waals surface area contributed by atoms with Crippen LogP contribution in [0.25, 0.3) is 0 Å². The molecule has 0 bridgehead atoms. The van der Waals surface area contributed by atoms with Crippen molar-refractivity contribution in [1.29, 1.82) is 0 Å². The second-order valence-corrected chi connectivity index (χ2v) is 4.80. The Morgan fingerprint density at radius 3 is 2.72 bits per heavy atom. The molecule has 0 atom stereocenters. The van der Waals surface area contributed by atoms with E-state index < -0.39 is 5.97 Å². The van der Waals surface area contributed by atoms with Gasteiger partial charge in [-0.15, -0.1) is 0 Å². The highest BCUT2D eigenvalue weighted by atomic mass is 35.5. The van der Waals surface area contributed by atoms with Gasteiger partial charge in [-0.05, 0) is 31.0 Å². The third kappa shape index (κ3) is 2.82. The van der Waals surface area contributed by atoms with E-state index in [9.17, 15) is 9.59 Å². The number of aromatic carboxylic acids is 1. The van der Waals surface area contributed by atoms with Gasteiger partial charge in [0.25, 0.3) is 0 Å². The smallest absolute Gasteiger partial charge is 0.335 e. The van der Waals surface area contributed by atoms with Gasteiger partial charge in [0.1, 0.15) is 0 Å². The minimum absolute atomic E-state index is 0.0334. The number of carbonyl (C=O) groups is 2. The Hall–Kier alpha value is -1.55. The third-order valence-corrected chi connectivity index (χ3v) is 3.23. The Balaban J connectivity index is 2.36. The molecule has 1 amide bonds. The predicted molar refractivity (Wildman–Crippen MR) is 69.2 cm³/mol. The lowest BCUT2D eigenvalue weighted by Gasteiger charge is -2.21. The van der Waals surface area contributed by atoms with Crippen molar-refractivity contribution < 1.29 is 14.7 Å². The highest BCUT2D eigenvalue weighted by molar-refractivity contribution is 6.31. The molecule has 1 heterocycles. The van der Waals surface area contributed by atoms with Crippen LogP contribution >= 0.6 is 11.6 Å². The van der Waals surface area contributed by atoms with E-state index in [4.69, 9.17) is 16.7 Å². The molecular formula is C13H14ClNO3. The van der Waals surface area contributed by atoms with Crippen molar-refractivity contribution in [2.75, 3.05) is 11.4 Å². The van der Waals surface area contributed by atoms with Crippen LogP contribution in [0.1, 0.15) is 36.0 Å². The molecule has 1 fully saturated rings. The fourth-order valence-corrected chi connectivity index (χ4v) is 2.34. The van der Waals surface area contributed by atoms with Gasteiger partial charge >= 0.3 is 5.97 Å². The molecule has 1 aromatic carbocycles. The largest absolute Gasteiger partial charge is 0.478 e. The summed E-state index contributed by atoms with van der Waals surface area (Å²) in [5.74, 6) is -1.01. The Morgan fingerprint density at radius 1 is 1.22 bits per heavy atom. The van der Waals surface area contributed by atoms with Crippen molar-refractivity contribution >= 4 is 29.2 Å². The lowest BCUT2D eigenvalue weighted by molar-refractivity contribution is -0.118. The minimum Gasteiger partial charge on any atom is -0.478 e. The van der Waals surface area contributed by atoms with E-state index in [0.29, 0.717) is 23.7 Å². The maximum Gasteiger partial charge on any atom is 0.335 e. The molecule has 0 spiro atoms. The molecule has 1 N–H and O–H groups in total. The average molecular weight is 268 g/mol. The van der Waals surface area contributed by atoms with Crippen molar-refractivity contribution in [3.8, 4) is 0 Å². The van der Waals surface area contributed by atoms with Gasteiger partial charge in [0.2, 0.25) is 5.91 Å². The van der Waals surface area contributed by atoms with Gasteiger partial charge in [0.15, 0.2) is 0 Å². The second-order valence-electron chi connectivity index (χ2n) is 4.36. The summed E-state index contributed by atoms with van der Waals surface area (Å²) in [5, 5.41) is 9.33. The SMILES string of the molecule is O=C(O)c1cc(Cl)cc(N2CCCCCC2=O)c1. The molecule has 0 unspecified atom stereocenters. The molecule has 4 nitrogen and oxygen atoms in total. The quantitative estimate of drug-likeness (QED) is 0.896. The van der Waals surface area contributed by atoms with Crippen LogP contribution in [-0.2, 0) is 4.79 Å². The minimum atomic E-state index is -1.04. The van der Waals surface area contributed by atoms with Crippen LogP contribution in [0.4, 0.5) is 5.69 Å². The summed E-state index contributed by atoms with van der Waals surface area (Å²) in [6.45, 7) is 0.623. The molecule has 0 radical (unpaired) electrons. The van der Waals surface area contributed by atoms with Gasteiger partial charge in [0.05, 0.1) is 5.56 Å². The molecule has 0 saturated carbocycles. The molecule has 1 aromatic rings. The number of amides is 1. The van der Waals surface area contributed by atoms with Crippen molar-refractivity contribution in [3.63, 3.8) is 0 Å². The number of anilines is 1. The zero-order chi connectivity index (χ0) is 13.1. The van der Waals surface area contributed by atoms with E-state index in [-0.39, 0.29) is 11.5 Å². The van der Waals surface area contributed by atoms with E-state index in [0.717, 1.165) is 19.3 Å². The first-order chi connectivity index (χ1) is 8.58. The molecule has 1 aliphatic heterocycles. The van der Waals surface area contributed by atoms with Crippen LogP contribution in [0.15, 0.2) is 18.2 Å². The molecular weight excluding hydrogens is 254 g/mol. The van der Waals surface area contributed by atoms with Crippen LogP contribution in [0.3, 0.4) is 0 Å². The van der Waals surface area contributed by atoms with Crippen LogP contribution < -0.4 is 4.90 Å². The number of rotatable bonds is 2. The van der Waals surface area contributed by atoms with Gasteiger partial charge in [0, 0.05) is 23.7 Å². The second kappa shape index (κ2) is 5.40. The van der Waals surface area contributed by atoms with Gasteiger partial charge in [-0.25, -0.2) is 4.79 Å². The number of halogens is 1. The molecule has 1 saturated heterocycles. The van der Waals surface area contributed by atoms with E-state index in [2.05, 4.69) is 0 Å². The summed E-state index contributed by atoms with van der Waals surface area (Å²) in [6, 6.07) is 4.52. The van der Waals surface area contributed by atoms with Crippen LogP contribution in [0, 0.1) is 0 Å². The van der Waals surface area contributed by atoms with E-state index in [1.54, 1.807) is 11.0 Å². The van der Waals surface area contributed by atoms with Crippen LogP contribution in [0.5, 0.6) is 0 Å². The number of hydrogen-bond donors (Lipinski definition) is 1. The summed E-state index contributed by atoms with van der Waals surface area (Å²) in [4.78, 5) is 24.5. The van der Waals surface area contributed by atoms with Gasteiger partial charge < -0.3 is 10.0 Å². The lowest BCUT2D eigenvalue weighted by Crippen LogP contribution is -2.30. The third-order valence-electron chi connectivity index (χ3n) is 3.01. The summed E-state index contributed by atoms with van der Waals surface area (Å²) in [7, 11) is 0. The number of carboxylic acid groups (broad SMARTS) is 1. The normalized spacial score (nSPS) is 16.5. The highest BCUT2D eigenvalue weighted by Crippen LogP contribution is 2.25. The molecule has 0 aromatic heterocycles.